The number of ether oxygens (including phenoxy) is 1. The summed E-state index contributed by atoms with van der Waals surface area (Å²) in [6.45, 7) is 1.99. The molecule has 1 atom stereocenters. The molecule has 0 aliphatic heterocycles. The summed E-state index contributed by atoms with van der Waals surface area (Å²) in [4.78, 5) is 3.74. The number of rotatable bonds is 5. The van der Waals surface area contributed by atoms with Crippen LogP contribution >= 0.6 is 0 Å². The summed E-state index contributed by atoms with van der Waals surface area (Å²) < 4.78 is 44.0. The summed E-state index contributed by atoms with van der Waals surface area (Å²) in [5.41, 5.74) is -0.781. The molecule has 1 aromatic carbocycles. The first-order valence-corrected chi connectivity index (χ1v) is 6.44. The SMILES string of the molecule is CC(CNc1ncccc1C(F)(F)F)Oc1ccccc1. The summed E-state index contributed by atoms with van der Waals surface area (Å²) >= 11 is 0. The van der Waals surface area contributed by atoms with E-state index in [-0.39, 0.29) is 18.5 Å². The summed E-state index contributed by atoms with van der Waals surface area (Å²) in [5, 5.41) is 2.68. The molecular formula is C15H15F3N2O. The summed E-state index contributed by atoms with van der Waals surface area (Å²) in [6.07, 6.45) is -3.41. The standard InChI is InChI=1S/C15H15F3N2O/c1-11(21-12-6-3-2-4-7-12)10-20-14-13(15(16,17)18)8-5-9-19-14/h2-9,11H,10H2,1H3,(H,19,20). The van der Waals surface area contributed by atoms with E-state index in [1.165, 1.54) is 12.3 Å². The molecule has 0 saturated carbocycles. The molecule has 0 spiro atoms. The largest absolute Gasteiger partial charge is 0.489 e. The Morgan fingerprint density at radius 2 is 1.86 bits per heavy atom. The minimum atomic E-state index is -4.43. The van der Waals surface area contributed by atoms with Gasteiger partial charge in [0.05, 0.1) is 12.1 Å². The first-order chi connectivity index (χ1) is 9.97. The maximum absolute atomic E-state index is 12.8. The second kappa shape index (κ2) is 6.47. The number of halogens is 3. The third-order valence-corrected chi connectivity index (χ3v) is 2.75. The molecule has 0 aliphatic rings. The molecule has 6 heteroatoms. The van der Waals surface area contributed by atoms with Crippen LogP contribution in [0.3, 0.4) is 0 Å². The normalized spacial score (nSPS) is 12.8. The van der Waals surface area contributed by atoms with Crippen molar-refractivity contribution in [2.24, 2.45) is 0 Å². The van der Waals surface area contributed by atoms with E-state index in [1.54, 1.807) is 19.1 Å². The van der Waals surface area contributed by atoms with Crippen molar-refractivity contribution in [1.82, 2.24) is 4.98 Å². The lowest BCUT2D eigenvalue weighted by Gasteiger charge is -2.17. The fourth-order valence-electron chi connectivity index (χ4n) is 1.79. The number of aromatic nitrogens is 1. The molecule has 2 rings (SSSR count). The van der Waals surface area contributed by atoms with E-state index in [0.29, 0.717) is 5.75 Å². The predicted molar refractivity (Wildman–Crippen MR) is 74.3 cm³/mol. The summed E-state index contributed by atoms with van der Waals surface area (Å²) in [6, 6.07) is 11.4. The van der Waals surface area contributed by atoms with Crippen molar-refractivity contribution in [3.05, 3.63) is 54.2 Å². The lowest BCUT2D eigenvalue weighted by atomic mass is 10.2. The molecule has 0 aliphatic carbocycles. The number of hydrogen-bond donors (Lipinski definition) is 1. The summed E-state index contributed by atoms with van der Waals surface area (Å²) in [7, 11) is 0. The third-order valence-electron chi connectivity index (χ3n) is 2.75. The van der Waals surface area contributed by atoms with Gasteiger partial charge in [-0.1, -0.05) is 18.2 Å². The topological polar surface area (TPSA) is 34.2 Å². The van der Waals surface area contributed by atoms with E-state index in [4.69, 9.17) is 4.74 Å². The van der Waals surface area contributed by atoms with Crippen LogP contribution in [0.25, 0.3) is 0 Å². The Morgan fingerprint density at radius 1 is 1.14 bits per heavy atom. The first-order valence-electron chi connectivity index (χ1n) is 6.44. The van der Waals surface area contributed by atoms with Gasteiger partial charge in [0.25, 0.3) is 0 Å². The van der Waals surface area contributed by atoms with Gasteiger partial charge >= 0.3 is 6.18 Å². The quantitative estimate of drug-likeness (QED) is 0.906. The fraction of sp³-hybridized carbons (Fsp3) is 0.267. The Bertz CT molecular complexity index is 573. The minimum Gasteiger partial charge on any atom is -0.489 e. The molecule has 112 valence electrons. The van der Waals surface area contributed by atoms with E-state index in [9.17, 15) is 13.2 Å². The predicted octanol–water partition coefficient (Wildman–Crippen LogP) is 3.98. The number of hydrogen-bond acceptors (Lipinski definition) is 3. The minimum absolute atomic E-state index is 0.187. The van der Waals surface area contributed by atoms with Crippen molar-refractivity contribution in [2.75, 3.05) is 11.9 Å². The van der Waals surface area contributed by atoms with Gasteiger partial charge in [-0.2, -0.15) is 13.2 Å². The van der Waals surface area contributed by atoms with Crippen molar-refractivity contribution >= 4 is 5.82 Å². The fourth-order valence-corrected chi connectivity index (χ4v) is 1.79. The van der Waals surface area contributed by atoms with Gasteiger partial charge in [-0.25, -0.2) is 4.98 Å². The number of para-hydroxylation sites is 1. The number of nitrogens with one attached hydrogen (secondary N) is 1. The number of pyridine rings is 1. The van der Waals surface area contributed by atoms with Gasteiger partial charge in [-0.15, -0.1) is 0 Å². The van der Waals surface area contributed by atoms with Crippen molar-refractivity contribution in [2.45, 2.75) is 19.2 Å². The zero-order chi connectivity index (χ0) is 15.3. The number of anilines is 1. The van der Waals surface area contributed by atoms with E-state index < -0.39 is 11.7 Å². The van der Waals surface area contributed by atoms with Gasteiger partial charge in [0, 0.05) is 6.20 Å². The molecule has 1 heterocycles. The third kappa shape index (κ3) is 4.37. The van der Waals surface area contributed by atoms with Gasteiger partial charge in [-0.05, 0) is 31.2 Å². The molecule has 0 amide bonds. The van der Waals surface area contributed by atoms with Gasteiger partial charge in [0.2, 0.25) is 0 Å². The van der Waals surface area contributed by atoms with Crippen LogP contribution < -0.4 is 10.1 Å². The Morgan fingerprint density at radius 3 is 2.52 bits per heavy atom. The summed E-state index contributed by atoms with van der Waals surface area (Å²) in [5.74, 6) is 0.484. The van der Waals surface area contributed by atoms with Gasteiger partial charge in [0.15, 0.2) is 0 Å². The highest BCUT2D eigenvalue weighted by Gasteiger charge is 2.34. The van der Waals surface area contributed by atoms with Crippen LogP contribution in [0.1, 0.15) is 12.5 Å². The maximum Gasteiger partial charge on any atom is 0.419 e. The highest BCUT2D eigenvalue weighted by atomic mass is 19.4. The van der Waals surface area contributed by atoms with Crippen molar-refractivity contribution in [1.29, 1.82) is 0 Å². The van der Waals surface area contributed by atoms with Crippen LogP contribution in [0.5, 0.6) is 5.75 Å². The zero-order valence-corrected chi connectivity index (χ0v) is 11.4. The number of benzene rings is 1. The van der Waals surface area contributed by atoms with Gasteiger partial charge in [-0.3, -0.25) is 0 Å². The van der Waals surface area contributed by atoms with E-state index in [2.05, 4.69) is 10.3 Å². The molecule has 1 N–H and O–H groups in total. The van der Waals surface area contributed by atoms with Crippen LogP contribution in [0.15, 0.2) is 48.7 Å². The van der Waals surface area contributed by atoms with Crippen LogP contribution in [0.2, 0.25) is 0 Å². The van der Waals surface area contributed by atoms with Crippen LogP contribution in [0.4, 0.5) is 19.0 Å². The second-order valence-electron chi connectivity index (χ2n) is 4.52. The highest BCUT2D eigenvalue weighted by Crippen LogP contribution is 2.33. The monoisotopic (exact) mass is 296 g/mol. The maximum atomic E-state index is 12.8. The van der Waals surface area contributed by atoms with Crippen LogP contribution in [0, 0.1) is 0 Å². The zero-order valence-electron chi connectivity index (χ0n) is 11.4. The number of nitrogens with zero attached hydrogens (tertiary/aromatic N) is 1. The van der Waals surface area contributed by atoms with Gasteiger partial charge < -0.3 is 10.1 Å². The highest BCUT2D eigenvalue weighted by molar-refractivity contribution is 5.45. The van der Waals surface area contributed by atoms with Gasteiger partial charge in [0.1, 0.15) is 17.7 Å². The van der Waals surface area contributed by atoms with Crippen LogP contribution in [-0.4, -0.2) is 17.6 Å². The molecule has 0 saturated heterocycles. The van der Waals surface area contributed by atoms with Crippen molar-refractivity contribution in [3.63, 3.8) is 0 Å². The van der Waals surface area contributed by atoms with Crippen LogP contribution in [-0.2, 0) is 6.18 Å². The average Bonchev–Trinajstić information content (AvgIpc) is 2.45. The molecule has 21 heavy (non-hydrogen) atoms. The molecule has 1 unspecified atom stereocenters. The average molecular weight is 296 g/mol. The molecule has 0 radical (unpaired) electrons. The lowest BCUT2D eigenvalue weighted by Crippen LogP contribution is -2.24. The Labute approximate surface area is 120 Å². The van der Waals surface area contributed by atoms with E-state index in [1.807, 2.05) is 18.2 Å². The van der Waals surface area contributed by atoms with Crippen molar-refractivity contribution in [3.8, 4) is 5.75 Å². The molecular weight excluding hydrogens is 281 g/mol. The molecule has 2 aromatic rings. The lowest BCUT2D eigenvalue weighted by molar-refractivity contribution is -0.137. The molecule has 3 nitrogen and oxygen atoms in total. The first kappa shape index (κ1) is 15.2. The molecule has 1 aromatic heterocycles. The van der Waals surface area contributed by atoms with Crippen molar-refractivity contribution < 1.29 is 17.9 Å². The smallest absolute Gasteiger partial charge is 0.419 e. The molecule has 0 fully saturated rings. The van der Waals surface area contributed by atoms with E-state index >= 15 is 0 Å². The van der Waals surface area contributed by atoms with E-state index in [0.717, 1.165) is 6.07 Å². The molecule has 0 bridgehead atoms. The Balaban J connectivity index is 1.97. The Hall–Kier alpha value is -2.24. The Kier molecular flexibility index (Phi) is 4.67. The second-order valence-corrected chi connectivity index (χ2v) is 4.52. The number of alkyl halides is 3.